The number of carbonyl (C=O) groups is 2. The lowest BCUT2D eigenvalue weighted by atomic mass is 10.2. The van der Waals surface area contributed by atoms with E-state index in [1.54, 1.807) is 6.20 Å². The van der Waals surface area contributed by atoms with Crippen LogP contribution in [0.2, 0.25) is 0 Å². The highest BCUT2D eigenvalue weighted by Gasteiger charge is 2.12. The minimum Gasteiger partial charge on any atom is -0.481 e. The van der Waals surface area contributed by atoms with Crippen molar-refractivity contribution >= 4 is 11.9 Å². The molecular formula is C13H19N3O3. The molecule has 0 spiro atoms. The maximum Gasteiger partial charge on any atom is 0.305 e. The second kappa shape index (κ2) is 8.14. The summed E-state index contributed by atoms with van der Waals surface area (Å²) in [7, 11) is 0. The van der Waals surface area contributed by atoms with Gasteiger partial charge in [0, 0.05) is 25.8 Å². The van der Waals surface area contributed by atoms with Gasteiger partial charge in [-0.15, -0.1) is 0 Å². The number of nitriles is 1. The topological polar surface area (TPSA) is 93.4 Å². The maximum atomic E-state index is 11.7. The number of amides is 1. The summed E-state index contributed by atoms with van der Waals surface area (Å²) in [6.45, 7) is 1.74. The summed E-state index contributed by atoms with van der Waals surface area (Å²) in [6.07, 6.45) is 5.93. The van der Waals surface area contributed by atoms with Gasteiger partial charge in [0.25, 0.3) is 5.91 Å². The predicted molar refractivity (Wildman–Crippen MR) is 69.0 cm³/mol. The number of nitrogens with zero attached hydrogens (tertiary/aromatic N) is 2. The summed E-state index contributed by atoms with van der Waals surface area (Å²) < 4.78 is 0. The first-order chi connectivity index (χ1) is 9.13. The molecule has 0 bridgehead atoms. The fourth-order valence-corrected chi connectivity index (χ4v) is 1.92. The van der Waals surface area contributed by atoms with Crippen molar-refractivity contribution in [1.29, 1.82) is 5.26 Å². The second-order valence-electron chi connectivity index (χ2n) is 4.50. The molecule has 1 saturated heterocycles. The Kier molecular flexibility index (Phi) is 6.44. The lowest BCUT2D eigenvalue weighted by Crippen LogP contribution is -2.29. The molecule has 19 heavy (non-hydrogen) atoms. The smallest absolute Gasteiger partial charge is 0.305 e. The fraction of sp³-hybridized carbons (Fsp3) is 0.615. The van der Waals surface area contributed by atoms with Gasteiger partial charge in [0.05, 0.1) is 6.42 Å². The van der Waals surface area contributed by atoms with Crippen LogP contribution < -0.4 is 5.32 Å². The average molecular weight is 265 g/mol. The Hall–Kier alpha value is -2.03. The van der Waals surface area contributed by atoms with E-state index in [9.17, 15) is 9.59 Å². The van der Waals surface area contributed by atoms with Crippen molar-refractivity contribution in [1.82, 2.24) is 10.2 Å². The standard InChI is InChI=1S/C13H19N3O3/c14-9-11(13(19)15-6-5-12(17)18)10-16-7-3-1-2-4-8-16/h10H,1-8H2,(H,15,19)(H,17,18)/b11-10-. The monoisotopic (exact) mass is 265 g/mol. The highest BCUT2D eigenvalue weighted by Crippen LogP contribution is 2.11. The molecule has 1 aliphatic rings. The number of carboxylic acids is 1. The summed E-state index contributed by atoms with van der Waals surface area (Å²) in [6, 6.07) is 1.87. The third-order valence-corrected chi connectivity index (χ3v) is 2.94. The zero-order valence-electron chi connectivity index (χ0n) is 10.9. The highest BCUT2D eigenvalue weighted by atomic mass is 16.4. The number of rotatable bonds is 5. The summed E-state index contributed by atoms with van der Waals surface area (Å²) in [5.41, 5.74) is 0.0345. The molecule has 6 nitrogen and oxygen atoms in total. The van der Waals surface area contributed by atoms with Crippen molar-refractivity contribution in [3.8, 4) is 6.07 Å². The van der Waals surface area contributed by atoms with Crippen LogP contribution in [0.15, 0.2) is 11.8 Å². The molecule has 2 N–H and O–H groups in total. The van der Waals surface area contributed by atoms with E-state index in [2.05, 4.69) is 5.32 Å². The van der Waals surface area contributed by atoms with E-state index in [1.807, 2.05) is 11.0 Å². The summed E-state index contributed by atoms with van der Waals surface area (Å²) >= 11 is 0. The molecule has 1 aliphatic heterocycles. The third kappa shape index (κ3) is 5.91. The number of hydrogen-bond donors (Lipinski definition) is 2. The number of carboxylic acid groups (broad SMARTS) is 1. The number of hydrogen-bond acceptors (Lipinski definition) is 4. The zero-order chi connectivity index (χ0) is 14.1. The normalized spacial score (nSPS) is 16.4. The summed E-state index contributed by atoms with van der Waals surface area (Å²) in [5.74, 6) is -1.48. The second-order valence-corrected chi connectivity index (χ2v) is 4.50. The SMILES string of the molecule is N#C/C(=C/N1CCCCCC1)C(=O)NCCC(=O)O. The molecule has 0 aromatic rings. The van der Waals surface area contributed by atoms with E-state index >= 15 is 0 Å². The van der Waals surface area contributed by atoms with Gasteiger partial charge in [-0.05, 0) is 12.8 Å². The first-order valence-corrected chi connectivity index (χ1v) is 6.49. The first kappa shape index (κ1) is 15.0. The molecule has 0 aromatic heterocycles. The Morgan fingerprint density at radius 1 is 1.26 bits per heavy atom. The molecule has 0 saturated carbocycles. The van der Waals surface area contributed by atoms with E-state index < -0.39 is 11.9 Å². The molecule has 0 atom stereocenters. The van der Waals surface area contributed by atoms with Crippen molar-refractivity contribution in [3.05, 3.63) is 11.8 Å². The molecule has 6 heteroatoms. The van der Waals surface area contributed by atoms with Crippen LogP contribution >= 0.6 is 0 Å². The van der Waals surface area contributed by atoms with Crippen LogP contribution in [-0.2, 0) is 9.59 Å². The van der Waals surface area contributed by atoms with Gasteiger partial charge >= 0.3 is 5.97 Å². The number of carbonyl (C=O) groups excluding carboxylic acids is 1. The van der Waals surface area contributed by atoms with Crippen LogP contribution in [0.1, 0.15) is 32.1 Å². The molecule has 1 fully saturated rings. The largest absolute Gasteiger partial charge is 0.481 e. The molecule has 1 heterocycles. The van der Waals surface area contributed by atoms with Crippen molar-refractivity contribution in [3.63, 3.8) is 0 Å². The number of nitrogens with one attached hydrogen (secondary N) is 1. The van der Waals surface area contributed by atoms with Gasteiger partial charge in [-0.1, -0.05) is 12.8 Å². The van der Waals surface area contributed by atoms with Gasteiger partial charge in [0.15, 0.2) is 0 Å². The van der Waals surface area contributed by atoms with Gasteiger partial charge in [-0.25, -0.2) is 0 Å². The van der Waals surface area contributed by atoms with Crippen LogP contribution in [-0.4, -0.2) is 41.5 Å². The van der Waals surface area contributed by atoms with E-state index in [-0.39, 0.29) is 18.5 Å². The number of likely N-dealkylation sites (tertiary alicyclic amines) is 1. The molecule has 1 rings (SSSR count). The summed E-state index contributed by atoms with van der Waals surface area (Å²) in [4.78, 5) is 24.0. The lowest BCUT2D eigenvalue weighted by molar-refractivity contribution is -0.136. The molecule has 104 valence electrons. The Morgan fingerprint density at radius 3 is 2.42 bits per heavy atom. The zero-order valence-corrected chi connectivity index (χ0v) is 10.9. The Balaban J connectivity index is 2.52. The molecular weight excluding hydrogens is 246 g/mol. The highest BCUT2D eigenvalue weighted by molar-refractivity contribution is 5.97. The molecule has 0 aromatic carbocycles. The third-order valence-electron chi connectivity index (χ3n) is 2.94. The van der Waals surface area contributed by atoms with Crippen LogP contribution in [0, 0.1) is 11.3 Å². The van der Waals surface area contributed by atoms with Crippen molar-refractivity contribution < 1.29 is 14.7 Å². The molecule has 1 amide bonds. The van der Waals surface area contributed by atoms with E-state index in [0.717, 1.165) is 25.9 Å². The fourth-order valence-electron chi connectivity index (χ4n) is 1.92. The van der Waals surface area contributed by atoms with Gasteiger partial charge < -0.3 is 15.3 Å². The molecule has 0 unspecified atom stereocenters. The molecule has 0 aliphatic carbocycles. The predicted octanol–water partition coefficient (Wildman–Crippen LogP) is 0.861. The van der Waals surface area contributed by atoms with E-state index in [4.69, 9.17) is 10.4 Å². The van der Waals surface area contributed by atoms with Gasteiger partial charge in [-0.2, -0.15) is 5.26 Å². The summed E-state index contributed by atoms with van der Waals surface area (Å²) in [5, 5.41) is 19.9. The van der Waals surface area contributed by atoms with Gasteiger partial charge in [-0.3, -0.25) is 9.59 Å². The van der Waals surface area contributed by atoms with Crippen molar-refractivity contribution in [2.45, 2.75) is 32.1 Å². The van der Waals surface area contributed by atoms with Gasteiger partial charge in [0.1, 0.15) is 11.6 Å². The lowest BCUT2D eigenvalue weighted by Gasteiger charge is -2.17. The minimum atomic E-state index is -0.977. The first-order valence-electron chi connectivity index (χ1n) is 6.49. The van der Waals surface area contributed by atoms with Crippen molar-refractivity contribution in [2.75, 3.05) is 19.6 Å². The Morgan fingerprint density at radius 2 is 1.89 bits per heavy atom. The Bertz CT molecular complexity index is 390. The minimum absolute atomic E-state index is 0.0345. The van der Waals surface area contributed by atoms with Crippen molar-refractivity contribution in [2.24, 2.45) is 0 Å². The van der Waals surface area contributed by atoms with Crippen LogP contribution in [0.4, 0.5) is 0 Å². The quantitative estimate of drug-likeness (QED) is 0.568. The average Bonchev–Trinajstić information content (AvgIpc) is 2.63. The van der Waals surface area contributed by atoms with Gasteiger partial charge in [0.2, 0.25) is 0 Å². The Labute approximate surface area is 112 Å². The van der Waals surface area contributed by atoms with Crippen LogP contribution in [0.25, 0.3) is 0 Å². The van der Waals surface area contributed by atoms with E-state index in [0.29, 0.717) is 0 Å². The van der Waals surface area contributed by atoms with Crippen LogP contribution in [0.5, 0.6) is 0 Å². The maximum absolute atomic E-state index is 11.7. The van der Waals surface area contributed by atoms with Crippen LogP contribution in [0.3, 0.4) is 0 Å². The number of aliphatic carboxylic acids is 1. The molecule has 0 radical (unpaired) electrons. The van der Waals surface area contributed by atoms with E-state index in [1.165, 1.54) is 12.8 Å².